The summed E-state index contributed by atoms with van der Waals surface area (Å²) in [5, 5.41) is 7.44. The van der Waals surface area contributed by atoms with Crippen molar-refractivity contribution >= 4 is 50.8 Å². The number of rotatable bonds is 7. The van der Waals surface area contributed by atoms with Crippen LogP contribution in [0.2, 0.25) is 0 Å². The Kier molecular flexibility index (Phi) is 6.96. The van der Waals surface area contributed by atoms with E-state index in [4.69, 9.17) is 0 Å². The average Bonchev–Trinajstić information content (AvgIpc) is 3.24. The summed E-state index contributed by atoms with van der Waals surface area (Å²) in [6, 6.07) is 16.8. The van der Waals surface area contributed by atoms with Gasteiger partial charge >= 0.3 is 0 Å². The zero-order valence-electron chi connectivity index (χ0n) is 18.9. The van der Waals surface area contributed by atoms with Gasteiger partial charge < -0.3 is 15.6 Å². The summed E-state index contributed by atoms with van der Waals surface area (Å²) in [6.45, 7) is 0.425. The highest BCUT2D eigenvalue weighted by molar-refractivity contribution is 7.99. The number of aromatic nitrogens is 2. The van der Waals surface area contributed by atoms with Gasteiger partial charge in [0.2, 0.25) is 5.91 Å². The molecule has 1 aliphatic rings. The number of nitrogens with zero attached hydrogens (tertiary/aromatic N) is 1. The van der Waals surface area contributed by atoms with Gasteiger partial charge in [-0.25, -0.2) is 4.98 Å². The van der Waals surface area contributed by atoms with Crippen LogP contribution in [-0.4, -0.2) is 27.5 Å². The van der Waals surface area contributed by atoms with Crippen LogP contribution in [0.4, 0.5) is 5.00 Å². The Morgan fingerprint density at radius 1 is 1.03 bits per heavy atom. The number of carbonyl (C=O) groups is 2. The fraction of sp³-hybridized carbons (Fsp3) is 0.231. The summed E-state index contributed by atoms with van der Waals surface area (Å²) in [6.07, 6.45) is 3.88. The first kappa shape index (κ1) is 23.3. The van der Waals surface area contributed by atoms with Gasteiger partial charge in [0.1, 0.15) is 5.00 Å². The standard InChI is InChI=1S/C26H24N4O3S2/c31-21(15-34-26-28-19-12-6-4-10-17(19)23(32)30-26)29-25-22(18-11-5-7-13-20(18)35-25)24(33)27-14-16-8-2-1-3-9-16/h1-4,6,8-10,12H,5,7,11,13-15H2,(H,27,33)(H,29,31)(H,28,30,32). The van der Waals surface area contributed by atoms with Crippen molar-refractivity contribution in [3.63, 3.8) is 0 Å². The maximum atomic E-state index is 13.2. The predicted octanol–water partition coefficient (Wildman–Crippen LogP) is 4.52. The number of benzene rings is 2. The number of fused-ring (bicyclic) bond motifs is 2. The van der Waals surface area contributed by atoms with Crippen molar-refractivity contribution in [1.82, 2.24) is 15.3 Å². The van der Waals surface area contributed by atoms with E-state index in [0.29, 0.717) is 33.2 Å². The lowest BCUT2D eigenvalue weighted by Gasteiger charge is -2.13. The number of H-pyrrole nitrogens is 1. The first-order chi connectivity index (χ1) is 17.1. The van der Waals surface area contributed by atoms with Crippen LogP contribution in [0.3, 0.4) is 0 Å². The molecule has 2 aromatic heterocycles. The SMILES string of the molecule is O=C(CSc1nc2ccccc2c(=O)[nH]1)Nc1sc2c(c1C(=O)NCc1ccccc1)CCCC2. The summed E-state index contributed by atoms with van der Waals surface area (Å²) in [4.78, 5) is 46.6. The molecule has 3 N–H and O–H groups in total. The van der Waals surface area contributed by atoms with Gasteiger partial charge in [0, 0.05) is 11.4 Å². The second kappa shape index (κ2) is 10.5. The molecule has 0 saturated heterocycles. The van der Waals surface area contributed by atoms with E-state index in [1.807, 2.05) is 36.4 Å². The van der Waals surface area contributed by atoms with Crippen molar-refractivity contribution in [3.8, 4) is 0 Å². The van der Waals surface area contributed by atoms with Gasteiger partial charge in [0.05, 0.1) is 22.2 Å². The fourth-order valence-electron chi connectivity index (χ4n) is 4.19. The summed E-state index contributed by atoms with van der Waals surface area (Å²) < 4.78 is 0. The van der Waals surface area contributed by atoms with Crippen LogP contribution in [0.5, 0.6) is 0 Å². The Hall–Kier alpha value is -3.43. The van der Waals surface area contributed by atoms with Crippen LogP contribution in [0.15, 0.2) is 64.5 Å². The first-order valence-electron chi connectivity index (χ1n) is 11.5. The Labute approximate surface area is 210 Å². The Morgan fingerprint density at radius 3 is 2.66 bits per heavy atom. The van der Waals surface area contributed by atoms with Gasteiger partial charge in [-0.05, 0) is 48.9 Å². The number of thiophene rings is 1. The molecule has 0 unspecified atom stereocenters. The molecule has 0 aliphatic heterocycles. The molecule has 0 fully saturated rings. The number of hydrogen-bond acceptors (Lipinski definition) is 6. The minimum Gasteiger partial charge on any atom is -0.348 e. The van der Waals surface area contributed by atoms with E-state index in [1.54, 1.807) is 18.2 Å². The van der Waals surface area contributed by atoms with Gasteiger partial charge in [-0.1, -0.05) is 54.2 Å². The van der Waals surface area contributed by atoms with Crippen LogP contribution in [0.25, 0.3) is 10.9 Å². The van der Waals surface area contributed by atoms with Crippen LogP contribution in [0.1, 0.15) is 39.2 Å². The number of aryl methyl sites for hydroxylation is 1. The van der Waals surface area contributed by atoms with Gasteiger partial charge in [-0.3, -0.25) is 14.4 Å². The number of aromatic amines is 1. The fourth-order valence-corrected chi connectivity index (χ4v) is 6.16. The Morgan fingerprint density at radius 2 is 1.80 bits per heavy atom. The average molecular weight is 505 g/mol. The third kappa shape index (κ3) is 5.31. The number of anilines is 1. The normalized spacial score (nSPS) is 12.8. The molecule has 7 nitrogen and oxygen atoms in total. The molecule has 0 spiro atoms. The van der Waals surface area contributed by atoms with Crippen LogP contribution < -0.4 is 16.2 Å². The second-order valence-electron chi connectivity index (χ2n) is 8.31. The van der Waals surface area contributed by atoms with Gasteiger partial charge in [-0.15, -0.1) is 11.3 Å². The minimum atomic E-state index is -0.249. The van der Waals surface area contributed by atoms with Crippen molar-refractivity contribution in [3.05, 3.63) is 86.5 Å². The van der Waals surface area contributed by atoms with Gasteiger partial charge in [0.25, 0.3) is 11.5 Å². The molecular formula is C26H24N4O3S2. The summed E-state index contributed by atoms with van der Waals surface area (Å²) in [7, 11) is 0. The van der Waals surface area contributed by atoms with Gasteiger partial charge in [0.15, 0.2) is 5.16 Å². The number of carbonyl (C=O) groups excluding carboxylic acids is 2. The van der Waals surface area contributed by atoms with Crippen LogP contribution >= 0.6 is 23.1 Å². The van der Waals surface area contributed by atoms with E-state index < -0.39 is 0 Å². The maximum Gasteiger partial charge on any atom is 0.259 e. The van der Waals surface area contributed by atoms with E-state index in [2.05, 4.69) is 20.6 Å². The molecule has 35 heavy (non-hydrogen) atoms. The summed E-state index contributed by atoms with van der Waals surface area (Å²) in [5.74, 6) is -0.354. The highest BCUT2D eigenvalue weighted by Gasteiger charge is 2.26. The highest BCUT2D eigenvalue weighted by atomic mass is 32.2. The topological polar surface area (TPSA) is 104 Å². The van der Waals surface area contributed by atoms with E-state index in [9.17, 15) is 14.4 Å². The quantitative estimate of drug-likeness (QED) is 0.254. The van der Waals surface area contributed by atoms with E-state index in [-0.39, 0.29) is 23.1 Å². The maximum absolute atomic E-state index is 13.2. The van der Waals surface area contributed by atoms with Crippen LogP contribution in [0, 0.1) is 0 Å². The first-order valence-corrected chi connectivity index (χ1v) is 13.3. The third-order valence-corrected chi connectivity index (χ3v) is 7.96. The Balaban J connectivity index is 1.30. The predicted molar refractivity (Wildman–Crippen MR) is 140 cm³/mol. The molecule has 2 amide bonds. The molecule has 4 aromatic rings. The lowest BCUT2D eigenvalue weighted by Crippen LogP contribution is -2.25. The van der Waals surface area contributed by atoms with E-state index in [1.165, 1.54) is 16.2 Å². The zero-order chi connectivity index (χ0) is 24.2. The van der Waals surface area contributed by atoms with Crippen molar-refractivity contribution in [2.24, 2.45) is 0 Å². The molecule has 2 aromatic carbocycles. The monoisotopic (exact) mass is 504 g/mol. The summed E-state index contributed by atoms with van der Waals surface area (Å²) >= 11 is 2.65. The Bertz CT molecular complexity index is 1450. The lowest BCUT2D eigenvalue weighted by atomic mass is 9.95. The number of thioether (sulfide) groups is 1. The number of amides is 2. The highest BCUT2D eigenvalue weighted by Crippen LogP contribution is 2.38. The molecule has 0 saturated carbocycles. The number of hydrogen-bond donors (Lipinski definition) is 3. The number of nitrogens with one attached hydrogen (secondary N) is 3. The molecule has 0 atom stereocenters. The third-order valence-electron chi connectivity index (χ3n) is 5.88. The number of para-hydroxylation sites is 1. The van der Waals surface area contributed by atoms with Gasteiger partial charge in [-0.2, -0.15) is 0 Å². The van der Waals surface area contributed by atoms with Crippen molar-refractivity contribution in [2.45, 2.75) is 37.4 Å². The van der Waals surface area contributed by atoms with Crippen molar-refractivity contribution in [2.75, 3.05) is 11.1 Å². The smallest absolute Gasteiger partial charge is 0.259 e. The molecule has 5 rings (SSSR count). The molecule has 1 aliphatic carbocycles. The largest absolute Gasteiger partial charge is 0.348 e. The van der Waals surface area contributed by atoms with Crippen LogP contribution in [-0.2, 0) is 24.2 Å². The summed E-state index contributed by atoms with van der Waals surface area (Å²) in [5.41, 5.74) is 3.00. The van der Waals surface area contributed by atoms with E-state index >= 15 is 0 Å². The van der Waals surface area contributed by atoms with Crippen molar-refractivity contribution < 1.29 is 9.59 Å². The molecular weight excluding hydrogens is 480 g/mol. The molecule has 9 heteroatoms. The lowest BCUT2D eigenvalue weighted by molar-refractivity contribution is -0.113. The zero-order valence-corrected chi connectivity index (χ0v) is 20.6. The van der Waals surface area contributed by atoms with Crippen molar-refractivity contribution in [1.29, 1.82) is 0 Å². The molecule has 0 bridgehead atoms. The van der Waals surface area contributed by atoms with E-state index in [0.717, 1.165) is 48.6 Å². The minimum absolute atomic E-state index is 0.0644. The molecule has 178 valence electrons. The molecule has 0 radical (unpaired) electrons. The second-order valence-corrected chi connectivity index (χ2v) is 10.4. The molecule has 2 heterocycles.